The van der Waals surface area contributed by atoms with Crippen LogP contribution in [-0.4, -0.2) is 495 Å². The molecular weight excluding hydrogens is 5550 g/mol. The summed E-state index contributed by atoms with van der Waals surface area (Å²) in [6.07, 6.45) is 1.25. The van der Waals surface area contributed by atoms with Crippen LogP contribution in [0.25, 0.3) is 0 Å². The monoisotopic (exact) mass is 5630 g/mol. The van der Waals surface area contributed by atoms with Crippen molar-refractivity contribution in [3.05, 3.63) is 0 Å². The molecule has 0 saturated carbocycles. The van der Waals surface area contributed by atoms with Crippen LogP contribution in [-0.2, 0) is 599 Å². The molecular formula is C3H68AgAlAsAuB3BaBeBiCaCdCoCrCsCuFeGaGeHfHgInIrKLaLiMgMnMoNaNbNiOsPbPdPoRbReRhRuSSbScSeSiSnSrTaTcTeTiTlVWYZnZr. The van der Waals surface area contributed by atoms with Gasteiger partial charge in [0.05, 0.1) is 0 Å². The van der Waals surface area contributed by atoms with Crippen LogP contribution in [0.4, 0.5) is 0 Å². The van der Waals surface area contributed by atoms with Crippen molar-refractivity contribution in [3.63, 3.8) is 0 Å². The van der Waals surface area contributed by atoms with Crippen LogP contribution in [0.2, 0.25) is 0 Å². The van der Waals surface area contributed by atoms with Crippen molar-refractivity contribution in [3.8, 4) is 0 Å². The van der Waals surface area contributed by atoms with E-state index < -0.39 is 0 Å². The van der Waals surface area contributed by atoms with Crippen LogP contribution in [0.1, 0.15) is 46.1 Å². The normalized spacial score (nSPS) is 0.500. The van der Waals surface area contributed by atoms with Gasteiger partial charge in [-0.05, 0) is 11.0 Å². The molecule has 0 aliphatic carbocycles. The molecule has 0 aromatic carbocycles. The molecule has 0 spiro atoms. The van der Waals surface area contributed by atoms with Gasteiger partial charge in [0.2, 0.25) is 0 Å². The van der Waals surface area contributed by atoms with Gasteiger partial charge in [-0.3, -0.25) is 0 Å². The van der Waals surface area contributed by atoms with E-state index in [1.807, 2.05) is 0 Å². The molecule has 1 atom stereocenters. The molecule has 0 heterocycles. The van der Waals surface area contributed by atoms with E-state index in [1.165, 1.54) is 6.42 Å². The summed E-state index contributed by atoms with van der Waals surface area (Å²) >= 11 is 0. The first-order chi connectivity index (χ1) is 3.41. The summed E-state index contributed by atoms with van der Waals surface area (Å²) in [4.78, 5) is 0. The second-order valence-electron chi connectivity index (χ2n) is 0.707. The molecule has 57 heteroatoms. The molecule has 0 nitrogen and oxygen atoms in total. The van der Waals surface area contributed by atoms with Crippen molar-refractivity contribution < 1.29 is 887 Å². The SMILES string of the molecule is CCC.S.[3HH].[3H][3H].[Ag].[AlH3].[AsH3].[Au].[B].[B][B].[Ba+2].[Be+2].[BiH3].[Ca+2].[Cd].[Co].[Cr].[Cs+].[Cu].[Fe].[GaH3].[GeH4].[H-].[H-].[H-].[H-].[H-].[H-].[H-].[H-].[H-].[H-].[H-].[H-].[H-].[H-].[H-].[Hf].[Hg].[InH3].[Ir].[K+].[La].[Li+].[Mg+2].[Mn].[Mo].[Na+].[Nb].[Ni].[Os].[PbH2].[Pd].[PoH2].[Rb+].[Re].[Rh].[Ru].[SbH3].[Sc].[SeH2].[SiH4].[SnH2].[Sr+2].[Ta].[Tc].[TeH2].[Ti].[TlH3].[V].[W].[Y].[Zn].[Zr]. The summed E-state index contributed by atoms with van der Waals surface area (Å²) in [5.41, 5.74) is 0. The summed E-state index contributed by atoms with van der Waals surface area (Å²) in [6.45, 7) is 4.25. The van der Waals surface area contributed by atoms with Gasteiger partial charge in [-0.1, -0.05) is 20.3 Å². The summed E-state index contributed by atoms with van der Waals surface area (Å²) in [7, 11) is 8.00. The van der Waals surface area contributed by atoms with Gasteiger partial charge in [0, 0.05) is 662 Å². The minimum Gasteiger partial charge on any atom is 0 e. The van der Waals surface area contributed by atoms with E-state index in [2.05, 4.69) is 29.3 Å². The maximum Gasteiger partial charge on any atom is 0 e. The van der Waals surface area contributed by atoms with Crippen molar-refractivity contribution in [1.82, 2.24) is 0 Å². The zero-order valence-corrected chi connectivity index (χ0v) is 156. The van der Waals surface area contributed by atoms with Gasteiger partial charge in [-0.2, -0.15) is 13.5 Å². The van der Waals surface area contributed by atoms with Crippen molar-refractivity contribution in [1.29, 1.82) is 0 Å². The Hall–Kier alpha value is 43.4. The molecule has 0 saturated heterocycles. The van der Waals surface area contributed by atoms with Gasteiger partial charge in [-0.15, -0.1) is 0 Å². The Labute approximate surface area is 1370 Å². The largest absolute Gasteiger partial charge is 0 e. The maximum absolute atomic E-state index is 5.00. The number of rotatable bonds is 0. The van der Waals surface area contributed by atoms with Gasteiger partial charge in [-0.25, -0.2) is 0 Å². The molecule has 1 unspecified atom stereocenters. The number of hydrogen-bond donors (Lipinski definition) is 0. The molecule has 60 heavy (non-hydrogen) atoms. The summed E-state index contributed by atoms with van der Waals surface area (Å²) in [6, 6.07) is 0. The zero-order chi connectivity index (χ0) is 6.71. The van der Waals surface area contributed by atoms with E-state index in [0.29, 0.717) is 0 Å². The fourth-order valence-electron chi connectivity index (χ4n) is 0. The Kier molecular flexibility index (Phi) is 4290. The predicted octanol–water partition coefficient (Wildman–Crippen LogP) is -30.2. The fourth-order valence-corrected chi connectivity index (χ4v) is 0. The van der Waals surface area contributed by atoms with Crippen molar-refractivity contribution in [2.45, 2.75) is 20.3 Å². The van der Waals surface area contributed by atoms with E-state index in [4.69, 9.17) is 2.97 Å². The van der Waals surface area contributed by atoms with Crippen LogP contribution in [0.3, 0.4) is 0 Å². The summed E-state index contributed by atoms with van der Waals surface area (Å²) < 4.78 is 10.0. The van der Waals surface area contributed by atoms with Crippen LogP contribution in [0, 0.1) is 35.6 Å². The average Bonchev–Trinajstić information content (AvgIpc) is 1.78. The maximum atomic E-state index is 5.00. The zero-order valence-electron chi connectivity index (χ0n) is 48.2. The van der Waals surface area contributed by atoms with Crippen LogP contribution in [0.5, 0.6) is 0 Å². The molecule has 27 radical (unpaired) electrons. The standard InChI is InChI=1S/C3H8.Ag.Al.AsH3.Au.B2.B.Ba.Be.Bi.Ca.Cd.Co.Cr.Cs.Cu.Fe.Ga.GeH4.Hf.Hg.In.Ir.K.La.Li.Mg.Mn.Mo.Na.Nb.Ni.Os.Pb.Pd.Po.Rb.Re.Rh.Ru.H2S.Sb.Sc.H2Se.H4Si.Sn.Sr.Ta.Tc.H2Te.Ti.Tl.V.W.Y.Zn.Zr.2H2.39H/c1-3-2;;;;;1-2;;;;;;;;;;;;;;;;;;;;;;;;;;;;;;;;;;;;;;;;;;;;;;;;;;;;;;;;;;;;;;;;;;;;;;;;;;;;;;;;;;;;;;;;;;;;/h3H2,1-2H3;;;1H3;;;;;;;;;;;;;;;1H4;;;;;;;;;;;;;;;;;;;;;;1H2;;;1H2;1H4;;;;;1H2;;;;;;;;2*1H;;;;;;;;;;;;;;;;;;;;;;;;;;;;;;;;;;;;;;;/q;;;;;;;2*+2;;+2;;;;+1;;;;;;;;;+1;;+1;+2;;;+1;;;;;;;+1;;;;;;;;;;+2;;;;;;;;;;;;;;;;;;;;;;;;;;;;;;;;;;;;;15*-1/i;;;;;;;;;;;;;;;;;;;;;;;;;;;;;;;;;;;;;;;;;;;;;;;;;;;;;;;;;1+2T;1+2;;;;;;;;;;;;;;;;;;;;;;;;;;;;;;;;;;;;;;;. The molecule has 0 aromatic rings. The Balaban J connectivity index is -0.0000000000294. The quantitative estimate of drug-likeness (QED) is 0.212. The van der Waals surface area contributed by atoms with Crippen LogP contribution >= 0.6 is 13.5 Å². The first-order valence-electron chi connectivity index (χ1n) is 2.75. The summed E-state index contributed by atoms with van der Waals surface area (Å²) in [5.74, 6) is 0. The van der Waals surface area contributed by atoms with E-state index in [0.717, 1.165) is 0 Å². The third-order valence-corrected chi connectivity index (χ3v) is 0. The van der Waals surface area contributed by atoms with Crippen molar-refractivity contribution in [2.75, 3.05) is 0 Å². The minimum atomic E-state index is 0. The molecule has 0 aliphatic heterocycles. The molecule has 356 valence electrons. The van der Waals surface area contributed by atoms with Crippen LogP contribution < -0.4 is 227 Å². The second kappa shape index (κ2) is 534. The smallest absolute Gasteiger partial charge is 0 e. The molecule has 0 bridgehead atoms. The molecule has 0 aliphatic rings. The molecule has 0 rings (SSSR count). The molecule has 0 fully saturated rings. The Bertz CT molecular complexity index is 406. The Morgan fingerprint density at radius 3 is 1.07 bits per heavy atom. The van der Waals surface area contributed by atoms with Gasteiger partial charge in [0.15, 0.2) is 17.4 Å². The Morgan fingerprint density at radius 1 is 1.07 bits per heavy atom. The topological polar surface area (TPSA) is 0 Å². The third-order valence-electron chi connectivity index (χ3n) is 0. The first kappa shape index (κ1) is 482. The van der Waals surface area contributed by atoms with Gasteiger partial charge in [0.1, 0.15) is 0 Å². The van der Waals surface area contributed by atoms with E-state index in [-0.39, 0.29) is 1380 Å². The third kappa shape index (κ3) is 542. The van der Waals surface area contributed by atoms with Gasteiger partial charge in [0.25, 0.3) is 0 Å². The Morgan fingerprint density at radius 2 is 1.07 bits per heavy atom. The molecule has 0 aromatic heterocycles. The number of hydrogen-bond acceptors (Lipinski definition) is 0. The van der Waals surface area contributed by atoms with Crippen LogP contribution in [0.15, 0.2) is 0 Å². The second-order valence-corrected chi connectivity index (χ2v) is 0.707. The van der Waals surface area contributed by atoms with Crippen molar-refractivity contribution >= 4 is 509 Å². The summed E-state index contributed by atoms with van der Waals surface area (Å²) in [5, 5.41) is 0. The van der Waals surface area contributed by atoms with Gasteiger partial charge < -0.3 is 21.4 Å². The predicted molar refractivity (Wildman–Crippen MR) is 228 cm³/mol. The minimum absolute atomic E-state index is 0. The van der Waals surface area contributed by atoms with Crippen molar-refractivity contribution in [2.24, 2.45) is 0 Å². The first-order valence-corrected chi connectivity index (χ1v) is 1.75. The van der Waals surface area contributed by atoms with E-state index in [9.17, 15) is 0 Å². The molecule has 0 N–H and O–H groups in total. The van der Waals surface area contributed by atoms with Gasteiger partial charge >= 0.3 is 670 Å². The van der Waals surface area contributed by atoms with E-state index >= 15 is 0 Å². The fraction of sp³-hybridized carbons (Fsp3) is 1.00. The van der Waals surface area contributed by atoms with E-state index in [1.54, 1.807) is 0 Å². The molecule has 0 amide bonds. The average molecular weight is 5620 g/mol.